The fourth-order valence-electron chi connectivity index (χ4n) is 2.44. The summed E-state index contributed by atoms with van der Waals surface area (Å²) in [5.74, 6) is -0.174. The summed E-state index contributed by atoms with van der Waals surface area (Å²) in [6.07, 6.45) is 0.0572. The van der Waals surface area contributed by atoms with Gasteiger partial charge in [-0.3, -0.25) is 4.57 Å². The second kappa shape index (κ2) is 8.62. The molecule has 2 aromatic rings. The Kier molecular flexibility index (Phi) is 7.14. The summed E-state index contributed by atoms with van der Waals surface area (Å²) in [7, 11) is -3.11. The fraction of sp³-hybridized carbons (Fsp3) is 0.467. The number of rotatable bonds is 7. The highest BCUT2D eigenvalue weighted by atomic mass is 35.5. The van der Waals surface area contributed by atoms with Crippen molar-refractivity contribution in [2.24, 2.45) is 0 Å². The second-order valence-corrected chi connectivity index (χ2v) is 10.1. The summed E-state index contributed by atoms with van der Waals surface area (Å²) in [4.78, 5) is 12.2. The van der Waals surface area contributed by atoms with E-state index in [0.717, 1.165) is 4.68 Å². The van der Waals surface area contributed by atoms with E-state index in [9.17, 15) is 18.1 Å². The first-order valence-electron chi connectivity index (χ1n) is 7.80. The van der Waals surface area contributed by atoms with Crippen molar-refractivity contribution in [1.29, 1.82) is 0 Å². The van der Waals surface area contributed by atoms with Gasteiger partial charge in [-0.05, 0) is 38.0 Å². The lowest BCUT2D eigenvalue weighted by Crippen LogP contribution is -2.25. The SMILES string of the molecule is CCOP(C)(=O)C(Cl)Cc1cc(-n2nc(C)n(C(F)F)c2=O)c(Cl)cc1Cl. The highest BCUT2D eigenvalue weighted by Gasteiger charge is 2.28. The van der Waals surface area contributed by atoms with Crippen LogP contribution < -0.4 is 5.69 Å². The number of nitrogens with zero attached hydrogens (tertiary/aromatic N) is 3. The summed E-state index contributed by atoms with van der Waals surface area (Å²) >= 11 is 18.5. The lowest BCUT2D eigenvalue weighted by molar-refractivity contribution is 0.0640. The minimum absolute atomic E-state index is 0.0420. The van der Waals surface area contributed by atoms with Crippen LogP contribution in [0.2, 0.25) is 10.0 Å². The van der Waals surface area contributed by atoms with Crippen LogP contribution >= 0.6 is 42.2 Å². The van der Waals surface area contributed by atoms with Crippen molar-refractivity contribution in [2.45, 2.75) is 31.9 Å². The monoisotopic (exact) mass is 461 g/mol. The lowest BCUT2D eigenvalue weighted by Gasteiger charge is -2.19. The predicted molar refractivity (Wildman–Crippen MR) is 102 cm³/mol. The Labute approximate surface area is 169 Å². The highest BCUT2D eigenvalue weighted by Crippen LogP contribution is 2.51. The van der Waals surface area contributed by atoms with Crippen LogP contribution in [0, 0.1) is 6.92 Å². The van der Waals surface area contributed by atoms with Gasteiger partial charge in [0.25, 0.3) is 0 Å². The molecular formula is C15H17Cl3F2N3O3P. The Morgan fingerprint density at radius 1 is 1.30 bits per heavy atom. The molecular weight excluding hydrogens is 446 g/mol. The standard InChI is InChI=1S/C15H17Cl3F2N3O3P/c1-4-26-27(3,25)13(18)6-9-5-12(11(17)7-10(9)16)23-15(24)22(14(19)20)8(2)21-23/h5,7,13-14H,4,6H2,1-3H3. The maximum absolute atomic E-state index is 13.0. The van der Waals surface area contributed by atoms with Gasteiger partial charge < -0.3 is 4.52 Å². The van der Waals surface area contributed by atoms with Crippen LogP contribution in [0.4, 0.5) is 8.78 Å². The third-order valence-electron chi connectivity index (χ3n) is 3.80. The average Bonchev–Trinajstić information content (AvgIpc) is 2.84. The van der Waals surface area contributed by atoms with Crippen LogP contribution in [0.3, 0.4) is 0 Å². The quantitative estimate of drug-likeness (QED) is 0.424. The molecule has 2 rings (SSSR count). The van der Waals surface area contributed by atoms with E-state index in [2.05, 4.69) is 5.10 Å². The van der Waals surface area contributed by atoms with Crippen LogP contribution in [0.25, 0.3) is 5.69 Å². The van der Waals surface area contributed by atoms with E-state index in [1.165, 1.54) is 25.7 Å². The molecule has 1 aromatic carbocycles. The second-order valence-electron chi connectivity index (χ2n) is 5.75. The molecule has 6 nitrogen and oxygen atoms in total. The molecule has 0 aliphatic heterocycles. The zero-order valence-electron chi connectivity index (χ0n) is 14.6. The van der Waals surface area contributed by atoms with Crippen LogP contribution in [0.5, 0.6) is 0 Å². The van der Waals surface area contributed by atoms with E-state index in [-0.39, 0.29) is 39.2 Å². The number of hydrogen-bond donors (Lipinski definition) is 0. The van der Waals surface area contributed by atoms with Gasteiger partial charge in [0.1, 0.15) is 10.9 Å². The van der Waals surface area contributed by atoms with E-state index >= 15 is 0 Å². The number of aryl methyl sites for hydroxylation is 1. The highest BCUT2D eigenvalue weighted by molar-refractivity contribution is 7.60. The van der Waals surface area contributed by atoms with Crippen molar-refractivity contribution in [1.82, 2.24) is 14.3 Å². The molecule has 0 N–H and O–H groups in total. The molecule has 0 aliphatic rings. The third-order valence-corrected chi connectivity index (χ3v) is 7.65. The van der Waals surface area contributed by atoms with Crippen molar-refractivity contribution in [3.63, 3.8) is 0 Å². The average molecular weight is 463 g/mol. The van der Waals surface area contributed by atoms with E-state index < -0.39 is 24.7 Å². The Hall–Kier alpha value is -0.920. The molecule has 12 heteroatoms. The first kappa shape index (κ1) is 22.4. The van der Waals surface area contributed by atoms with Gasteiger partial charge in [-0.15, -0.1) is 16.7 Å². The molecule has 1 heterocycles. The summed E-state index contributed by atoms with van der Waals surface area (Å²) in [6.45, 7) is 1.58. The molecule has 2 unspecified atom stereocenters. The Bertz CT molecular complexity index is 948. The topological polar surface area (TPSA) is 66.1 Å². The van der Waals surface area contributed by atoms with E-state index in [4.69, 9.17) is 39.3 Å². The number of hydrogen-bond acceptors (Lipinski definition) is 4. The van der Waals surface area contributed by atoms with E-state index in [1.807, 2.05) is 0 Å². The van der Waals surface area contributed by atoms with Crippen LogP contribution in [0.15, 0.2) is 16.9 Å². The first-order valence-corrected chi connectivity index (χ1v) is 11.1. The number of aromatic nitrogens is 3. The van der Waals surface area contributed by atoms with E-state index in [0.29, 0.717) is 5.56 Å². The van der Waals surface area contributed by atoms with Crippen molar-refractivity contribution >= 4 is 42.2 Å². The molecule has 0 radical (unpaired) electrons. The molecule has 150 valence electrons. The minimum Gasteiger partial charge on any atom is -0.328 e. The van der Waals surface area contributed by atoms with Gasteiger partial charge in [0.2, 0.25) is 7.37 Å². The van der Waals surface area contributed by atoms with Gasteiger partial charge in [-0.25, -0.2) is 9.36 Å². The predicted octanol–water partition coefficient (Wildman–Crippen LogP) is 5.10. The molecule has 0 amide bonds. The maximum Gasteiger partial charge on any atom is 0.355 e. The fourth-order valence-corrected chi connectivity index (χ4v) is 4.52. The van der Waals surface area contributed by atoms with Gasteiger partial charge in [-0.1, -0.05) is 23.2 Å². The Morgan fingerprint density at radius 2 is 1.93 bits per heavy atom. The normalized spacial score (nSPS) is 15.1. The maximum atomic E-state index is 13.0. The van der Waals surface area contributed by atoms with Crippen LogP contribution in [-0.2, 0) is 15.5 Å². The molecule has 0 saturated carbocycles. The van der Waals surface area contributed by atoms with Crippen molar-refractivity contribution in [2.75, 3.05) is 13.3 Å². The molecule has 2 atom stereocenters. The molecule has 0 aliphatic carbocycles. The summed E-state index contributed by atoms with van der Waals surface area (Å²) in [6, 6.07) is 2.76. The smallest absolute Gasteiger partial charge is 0.328 e. The minimum atomic E-state index is -3.11. The summed E-state index contributed by atoms with van der Waals surface area (Å²) in [5, 5.41) is 3.23. The van der Waals surface area contributed by atoms with Gasteiger partial charge >= 0.3 is 12.2 Å². The van der Waals surface area contributed by atoms with Gasteiger partial charge in [0, 0.05) is 11.7 Å². The zero-order chi connectivity index (χ0) is 20.5. The number of alkyl halides is 3. The van der Waals surface area contributed by atoms with Crippen molar-refractivity contribution in [3.8, 4) is 5.69 Å². The molecule has 27 heavy (non-hydrogen) atoms. The summed E-state index contributed by atoms with van der Waals surface area (Å²) in [5.41, 5.74) is -0.556. The van der Waals surface area contributed by atoms with Crippen LogP contribution in [0.1, 0.15) is 24.9 Å². The van der Waals surface area contributed by atoms with Crippen molar-refractivity contribution < 1.29 is 17.9 Å². The Morgan fingerprint density at radius 3 is 2.44 bits per heavy atom. The zero-order valence-corrected chi connectivity index (χ0v) is 17.8. The molecule has 0 fully saturated rings. The van der Waals surface area contributed by atoms with Gasteiger partial charge in [-0.2, -0.15) is 13.5 Å². The molecule has 0 saturated heterocycles. The molecule has 0 spiro atoms. The number of benzene rings is 1. The lowest BCUT2D eigenvalue weighted by atomic mass is 10.1. The van der Waals surface area contributed by atoms with E-state index in [1.54, 1.807) is 6.92 Å². The molecule has 0 bridgehead atoms. The Balaban J connectivity index is 2.50. The summed E-state index contributed by atoms with van der Waals surface area (Å²) < 4.78 is 44.7. The van der Waals surface area contributed by atoms with Gasteiger partial charge in [0.15, 0.2) is 0 Å². The third kappa shape index (κ3) is 4.74. The molecule has 1 aromatic heterocycles. The van der Waals surface area contributed by atoms with Crippen LogP contribution in [-0.4, -0.2) is 32.7 Å². The van der Waals surface area contributed by atoms with Gasteiger partial charge in [0.05, 0.1) is 17.3 Å². The number of halogens is 5. The largest absolute Gasteiger partial charge is 0.355 e. The van der Waals surface area contributed by atoms with Crippen molar-refractivity contribution in [3.05, 3.63) is 44.1 Å². The first-order chi connectivity index (χ1) is 12.5.